The maximum Gasteiger partial charge on any atom is 0.343 e. The number of non-ortho nitro benzene ring substituents is 1. The molecule has 2 aromatic rings. The lowest BCUT2D eigenvalue weighted by Gasteiger charge is -2.13. The number of imide groups is 1. The van der Waals surface area contributed by atoms with Crippen LogP contribution in [0, 0.1) is 33.8 Å². The van der Waals surface area contributed by atoms with E-state index in [1.165, 1.54) is 43.7 Å². The second-order valence-electron chi connectivity index (χ2n) is 8.34. The van der Waals surface area contributed by atoms with Gasteiger partial charge in [-0.2, -0.15) is 10.1 Å². The van der Waals surface area contributed by atoms with Crippen molar-refractivity contribution in [3.63, 3.8) is 0 Å². The molecular weight excluding hydrogens is 442 g/mol. The van der Waals surface area contributed by atoms with Crippen molar-refractivity contribution in [2.75, 3.05) is 7.11 Å². The first-order valence-electron chi connectivity index (χ1n) is 10.6. The van der Waals surface area contributed by atoms with Crippen LogP contribution in [0.2, 0.25) is 0 Å². The molecule has 1 saturated carbocycles. The molecule has 1 heterocycles. The molecule has 0 spiro atoms. The Morgan fingerprint density at radius 1 is 1.06 bits per heavy atom. The molecule has 2 aromatic carbocycles. The van der Waals surface area contributed by atoms with Crippen LogP contribution in [0.5, 0.6) is 11.5 Å². The van der Waals surface area contributed by atoms with Crippen molar-refractivity contribution in [1.29, 1.82) is 0 Å². The van der Waals surface area contributed by atoms with Crippen LogP contribution >= 0.6 is 0 Å². The number of allylic oxidation sites excluding steroid dienone is 2. The van der Waals surface area contributed by atoms with Gasteiger partial charge in [0.2, 0.25) is 0 Å². The number of hydrazone groups is 1. The number of amides is 2. The summed E-state index contributed by atoms with van der Waals surface area (Å²) in [6.45, 7) is 0. The first-order chi connectivity index (χ1) is 16.4. The number of nitro benzene ring substituents is 1. The van der Waals surface area contributed by atoms with Gasteiger partial charge in [-0.1, -0.05) is 12.2 Å². The highest BCUT2D eigenvalue weighted by molar-refractivity contribution is 6.06. The zero-order valence-corrected chi connectivity index (χ0v) is 18.0. The number of esters is 1. The molecule has 4 atom stereocenters. The van der Waals surface area contributed by atoms with Crippen LogP contribution in [0.1, 0.15) is 22.3 Å². The van der Waals surface area contributed by atoms with E-state index in [2.05, 4.69) is 5.10 Å². The van der Waals surface area contributed by atoms with Crippen molar-refractivity contribution in [3.05, 3.63) is 75.9 Å². The third-order valence-corrected chi connectivity index (χ3v) is 6.47. The van der Waals surface area contributed by atoms with E-state index < -0.39 is 10.9 Å². The number of hydrogen-bond acceptors (Lipinski definition) is 8. The molecule has 10 heteroatoms. The topological polar surface area (TPSA) is 128 Å². The number of fused-ring (bicyclic) bond motifs is 5. The number of ether oxygens (including phenoxy) is 2. The molecule has 0 aromatic heterocycles. The maximum absolute atomic E-state index is 12.7. The standard InChI is InChI=1S/C24H19N3O7/c1-33-19-10-13(2-9-18(19)34-24(30)14-5-7-17(8-6-14)27(31)32)12-25-26-22(28)20-15-3-4-16(11-15)21(20)23(26)29/h2-10,12,15-16,20-21H,11H2,1H3. The highest BCUT2D eigenvalue weighted by atomic mass is 16.6. The van der Waals surface area contributed by atoms with E-state index in [1.54, 1.807) is 12.1 Å². The van der Waals surface area contributed by atoms with Gasteiger partial charge in [-0.3, -0.25) is 19.7 Å². The van der Waals surface area contributed by atoms with Crippen molar-refractivity contribution < 1.29 is 28.8 Å². The Bertz CT molecular complexity index is 1240. The SMILES string of the molecule is COc1cc(C=NN2C(=O)C3C4C=CC(C4)C3C2=O)ccc1OC(=O)c1ccc([N+](=O)[O-])cc1. The van der Waals surface area contributed by atoms with E-state index in [9.17, 15) is 24.5 Å². The normalized spacial score (nSPS) is 24.7. The summed E-state index contributed by atoms with van der Waals surface area (Å²) < 4.78 is 10.7. The monoisotopic (exact) mass is 461 g/mol. The van der Waals surface area contributed by atoms with E-state index in [4.69, 9.17) is 9.47 Å². The van der Waals surface area contributed by atoms with Gasteiger partial charge in [-0.05, 0) is 54.2 Å². The smallest absolute Gasteiger partial charge is 0.343 e. The summed E-state index contributed by atoms with van der Waals surface area (Å²) in [5, 5.41) is 15.9. The quantitative estimate of drug-likeness (QED) is 0.123. The molecular formula is C24H19N3O7. The fourth-order valence-electron chi connectivity index (χ4n) is 4.85. The predicted molar refractivity (Wildman–Crippen MR) is 118 cm³/mol. The summed E-state index contributed by atoms with van der Waals surface area (Å²) in [4.78, 5) is 48.1. The van der Waals surface area contributed by atoms with Crippen molar-refractivity contribution in [2.45, 2.75) is 6.42 Å². The summed E-state index contributed by atoms with van der Waals surface area (Å²) in [6.07, 6.45) is 6.27. The molecule has 2 amide bonds. The number of rotatable bonds is 6. The van der Waals surface area contributed by atoms with Crippen molar-refractivity contribution in [3.8, 4) is 11.5 Å². The van der Waals surface area contributed by atoms with Gasteiger partial charge in [0.05, 0.1) is 35.6 Å². The lowest BCUT2D eigenvalue weighted by molar-refractivity contribution is -0.384. The Morgan fingerprint density at radius 3 is 2.29 bits per heavy atom. The molecule has 1 aliphatic heterocycles. The van der Waals surface area contributed by atoms with Gasteiger partial charge >= 0.3 is 5.97 Å². The Kier molecular flexibility index (Phi) is 5.20. The van der Waals surface area contributed by atoms with E-state index in [1.807, 2.05) is 12.2 Å². The molecule has 2 aliphatic carbocycles. The molecule has 34 heavy (non-hydrogen) atoms. The summed E-state index contributed by atoms with van der Waals surface area (Å²) in [7, 11) is 1.40. The van der Waals surface area contributed by atoms with Crippen LogP contribution in [0.4, 0.5) is 5.69 Å². The van der Waals surface area contributed by atoms with Crippen LogP contribution in [0.15, 0.2) is 59.7 Å². The minimum Gasteiger partial charge on any atom is -0.493 e. The molecule has 4 unspecified atom stereocenters. The van der Waals surface area contributed by atoms with Gasteiger partial charge in [-0.25, -0.2) is 4.79 Å². The van der Waals surface area contributed by atoms with Gasteiger partial charge in [0.15, 0.2) is 11.5 Å². The first-order valence-corrected chi connectivity index (χ1v) is 10.6. The highest BCUT2D eigenvalue weighted by Gasteiger charge is 2.59. The van der Waals surface area contributed by atoms with Crippen LogP contribution in [-0.4, -0.2) is 41.0 Å². The number of methoxy groups -OCH3 is 1. The molecule has 10 nitrogen and oxygen atoms in total. The molecule has 5 rings (SSSR count). The van der Waals surface area contributed by atoms with Crippen molar-refractivity contribution in [1.82, 2.24) is 5.01 Å². The Hall–Kier alpha value is -4.34. The van der Waals surface area contributed by atoms with E-state index >= 15 is 0 Å². The largest absolute Gasteiger partial charge is 0.493 e. The summed E-state index contributed by atoms with van der Waals surface area (Å²) in [5.41, 5.74) is 0.532. The third-order valence-electron chi connectivity index (χ3n) is 6.47. The van der Waals surface area contributed by atoms with Crippen molar-refractivity contribution in [2.24, 2.45) is 28.8 Å². The van der Waals surface area contributed by atoms with Crippen molar-refractivity contribution >= 4 is 29.7 Å². The Balaban J connectivity index is 1.30. The third kappa shape index (κ3) is 3.53. The predicted octanol–water partition coefficient (Wildman–Crippen LogP) is 2.96. The zero-order valence-electron chi connectivity index (χ0n) is 18.0. The summed E-state index contributed by atoms with van der Waals surface area (Å²) in [5.74, 6) is -1.32. The summed E-state index contributed by atoms with van der Waals surface area (Å²) >= 11 is 0. The number of carbonyl (C=O) groups excluding carboxylic acids is 3. The number of nitro groups is 1. The minimum absolute atomic E-state index is 0.108. The van der Waals surface area contributed by atoms with Gasteiger partial charge in [0, 0.05) is 12.1 Å². The molecule has 0 N–H and O–H groups in total. The molecule has 2 fully saturated rings. The van der Waals surface area contributed by atoms with Crippen LogP contribution in [-0.2, 0) is 9.59 Å². The average molecular weight is 461 g/mol. The van der Waals surface area contributed by atoms with E-state index in [0.29, 0.717) is 5.56 Å². The molecule has 1 saturated heterocycles. The minimum atomic E-state index is -0.711. The van der Waals surface area contributed by atoms with Crippen LogP contribution in [0.3, 0.4) is 0 Å². The van der Waals surface area contributed by atoms with E-state index in [0.717, 1.165) is 11.4 Å². The number of nitrogens with zero attached hydrogens (tertiary/aromatic N) is 3. The van der Waals surface area contributed by atoms with Gasteiger partial charge in [0.1, 0.15) is 0 Å². The van der Waals surface area contributed by atoms with Crippen LogP contribution in [0.25, 0.3) is 0 Å². The van der Waals surface area contributed by atoms with E-state index in [-0.39, 0.29) is 58.2 Å². The lowest BCUT2D eigenvalue weighted by atomic mass is 9.85. The molecule has 2 bridgehead atoms. The van der Waals surface area contributed by atoms with Gasteiger partial charge < -0.3 is 9.47 Å². The molecule has 3 aliphatic rings. The molecule has 0 radical (unpaired) electrons. The first kappa shape index (κ1) is 21.5. The fraction of sp³-hybridized carbons (Fsp3) is 0.250. The lowest BCUT2D eigenvalue weighted by Crippen LogP contribution is -2.28. The second-order valence-corrected chi connectivity index (χ2v) is 8.34. The number of hydrogen-bond donors (Lipinski definition) is 0. The average Bonchev–Trinajstić information content (AvgIpc) is 3.52. The second kappa shape index (κ2) is 8.22. The number of carbonyl (C=O) groups is 3. The highest BCUT2D eigenvalue weighted by Crippen LogP contribution is 2.52. The van der Waals surface area contributed by atoms with Crippen LogP contribution < -0.4 is 9.47 Å². The van der Waals surface area contributed by atoms with Gasteiger partial charge in [0.25, 0.3) is 17.5 Å². The fourth-order valence-corrected chi connectivity index (χ4v) is 4.85. The van der Waals surface area contributed by atoms with Gasteiger partial charge in [-0.15, -0.1) is 0 Å². The number of benzene rings is 2. The Morgan fingerprint density at radius 2 is 1.71 bits per heavy atom. The molecule has 172 valence electrons. The Labute approximate surface area is 193 Å². The zero-order chi connectivity index (χ0) is 24.0. The summed E-state index contributed by atoms with van der Waals surface area (Å²) in [6, 6.07) is 9.68. The maximum atomic E-state index is 12.7.